The van der Waals surface area contributed by atoms with E-state index < -0.39 is 17.8 Å². The van der Waals surface area contributed by atoms with E-state index in [0.717, 1.165) is 50.6 Å². The van der Waals surface area contributed by atoms with Crippen LogP contribution in [0.3, 0.4) is 0 Å². The van der Waals surface area contributed by atoms with E-state index in [-0.39, 0.29) is 5.57 Å². The van der Waals surface area contributed by atoms with Gasteiger partial charge >= 0.3 is 6.03 Å². The maximum atomic E-state index is 13.4. The van der Waals surface area contributed by atoms with Crippen LogP contribution in [0.2, 0.25) is 0 Å². The molecule has 35 heavy (non-hydrogen) atoms. The zero-order valence-electron chi connectivity index (χ0n) is 21.1. The smallest absolute Gasteiger partial charge is 0.317 e. The van der Waals surface area contributed by atoms with E-state index in [4.69, 9.17) is 0 Å². The number of nitrogens with zero attached hydrogens (tertiary/aromatic N) is 2. The van der Waals surface area contributed by atoms with Crippen molar-refractivity contribution in [1.82, 2.24) is 9.88 Å². The van der Waals surface area contributed by atoms with E-state index in [1.165, 1.54) is 0 Å². The van der Waals surface area contributed by atoms with Crippen LogP contribution in [0.4, 0.5) is 10.5 Å². The zero-order valence-corrected chi connectivity index (χ0v) is 21.1. The van der Waals surface area contributed by atoms with E-state index in [1.807, 2.05) is 38.1 Å². The fourth-order valence-electron chi connectivity index (χ4n) is 4.67. The zero-order chi connectivity index (χ0) is 25.4. The first-order valence-corrected chi connectivity index (χ1v) is 11.9. The van der Waals surface area contributed by atoms with Crippen molar-refractivity contribution in [3.8, 4) is 5.69 Å². The normalized spacial score (nSPS) is 16.1. The van der Waals surface area contributed by atoms with E-state index in [2.05, 4.69) is 49.7 Å². The molecule has 4 rings (SSSR count). The Kier molecular flexibility index (Phi) is 6.48. The van der Waals surface area contributed by atoms with Gasteiger partial charge < -0.3 is 4.57 Å². The lowest BCUT2D eigenvalue weighted by molar-refractivity contribution is -0.122. The number of barbiturate groups is 1. The number of rotatable bonds is 5. The molecule has 180 valence electrons. The molecule has 0 saturated carbocycles. The molecule has 2 heterocycles. The molecule has 1 saturated heterocycles. The summed E-state index contributed by atoms with van der Waals surface area (Å²) in [4.78, 5) is 39.7. The fourth-order valence-corrected chi connectivity index (χ4v) is 4.67. The molecular weight excluding hydrogens is 438 g/mol. The average molecular weight is 470 g/mol. The van der Waals surface area contributed by atoms with Gasteiger partial charge in [-0.1, -0.05) is 44.2 Å². The SMILES string of the molecule is CC[C@@H](C)c1ccc(N2C(=O)NC(=O)/C(=C\c3cc(C)n(-c4c(C)cccc4C)c3C)C2=O)cc1. The summed E-state index contributed by atoms with van der Waals surface area (Å²) in [7, 11) is 0. The third kappa shape index (κ3) is 4.32. The standard InChI is InChI=1S/C29H31N3O3/c1-7-17(2)22-11-13-24(14-12-22)32-28(34)25(27(33)30-29(32)35)16-23-15-20(5)31(21(23)6)26-18(3)9-8-10-19(26)4/h8-17H,7H2,1-6H3,(H,30,33,35)/b25-16+/t17-/m1/s1. The van der Waals surface area contributed by atoms with Crippen LogP contribution in [0.15, 0.2) is 54.1 Å². The quantitative estimate of drug-likeness (QED) is 0.374. The molecule has 0 radical (unpaired) electrons. The molecule has 0 bridgehead atoms. The summed E-state index contributed by atoms with van der Waals surface area (Å²) in [5.74, 6) is -0.949. The number of aryl methyl sites for hydroxylation is 3. The number of hydrogen-bond donors (Lipinski definition) is 1. The maximum Gasteiger partial charge on any atom is 0.335 e. The van der Waals surface area contributed by atoms with Crippen LogP contribution in [0.25, 0.3) is 11.8 Å². The minimum atomic E-state index is -0.741. The highest BCUT2D eigenvalue weighted by atomic mass is 16.2. The number of anilines is 1. The van der Waals surface area contributed by atoms with Crippen LogP contribution in [-0.2, 0) is 9.59 Å². The highest BCUT2D eigenvalue weighted by Gasteiger charge is 2.37. The van der Waals surface area contributed by atoms with Gasteiger partial charge in [0, 0.05) is 11.4 Å². The van der Waals surface area contributed by atoms with Gasteiger partial charge in [0.15, 0.2) is 0 Å². The Morgan fingerprint density at radius 2 is 1.57 bits per heavy atom. The molecule has 1 aliphatic rings. The minimum absolute atomic E-state index is 0.0719. The van der Waals surface area contributed by atoms with Crippen molar-refractivity contribution in [2.24, 2.45) is 0 Å². The van der Waals surface area contributed by atoms with Crippen LogP contribution < -0.4 is 10.2 Å². The molecule has 2 aromatic carbocycles. The molecule has 0 aliphatic carbocycles. The Morgan fingerprint density at radius 1 is 0.943 bits per heavy atom. The van der Waals surface area contributed by atoms with Crippen LogP contribution in [-0.4, -0.2) is 22.4 Å². The molecule has 4 amide bonds. The third-order valence-corrected chi connectivity index (χ3v) is 6.87. The van der Waals surface area contributed by atoms with E-state index in [9.17, 15) is 14.4 Å². The van der Waals surface area contributed by atoms with Gasteiger partial charge in [-0.25, -0.2) is 9.69 Å². The van der Waals surface area contributed by atoms with E-state index in [1.54, 1.807) is 18.2 Å². The summed E-state index contributed by atoms with van der Waals surface area (Å²) in [6, 6.07) is 14.7. The maximum absolute atomic E-state index is 13.4. The van der Waals surface area contributed by atoms with Crippen molar-refractivity contribution in [2.45, 2.75) is 53.9 Å². The van der Waals surface area contributed by atoms with Crippen molar-refractivity contribution in [3.05, 3.63) is 87.7 Å². The summed E-state index contributed by atoms with van der Waals surface area (Å²) in [5.41, 5.74) is 7.50. The number of urea groups is 1. The Hall–Kier alpha value is -3.93. The van der Waals surface area contributed by atoms with Gasteiger partial charge in [0.1, 0.15) is 5.57 Å². The predicted octanol–water partition coefficient (Wildman–Crippen LogP) is 5.89. The number of aromatic nitrogens is 1. The fraction of sp³-hybridized carbons (Fsp3) is 0.276. The van der Waals surface area contributed by atoms with Crippen molar-refractivity contribution in [1.29, 1.82) is 0 Å². The molecule has 3 aromatic rings. The number of carbonyl (C=O) groups is 3. The monoisotopic (exact) mass is 469 g/mol. The van der Waals surface area contributed by atoms with Crippen LogP contribution in [0.1, 0.15) is 59.8 Å². The van der Waals surface area contributed by atoms with Gasteiger partial charge in [-0.3, -0.25) is 14.9 Å². The summed E-state index contributed by atoms with van der Waals surface area (Å²) >= 11 is 0. The van der Waals surface area contributed by atoms with E-state index in [0.29, 0.717) is 11.6 Å². The minimum Gasteiger partial charge on any atom is -0.317 e. The summed E-state index contributed by atoms with van der Waals surface area (Å²) in [6.45, 7) is 12.3. The highest BCUT2D eigenvalue weighted by Crippen LogP contribution is 2.29. The van der Waals surface area contributed by atoms with Gasteiger partial charge in [-0.2, -0.15) is 0 Å². The van der Waals surface area contributed by atoms with Crippen molar-refractivity contribution in [3.63, 3.8) is 0 Å². The number of imide groups is 2. The molecular formula is C29H31N3O3. The predicted molar refractivity (Wildman–Crippen MR) is 139 cm³/mol. The largest absolute Gasteiger partial charge is 0.335 e. The molecule has 1 N–H and O–H groups in total. The summed E-state index contributed by atoms with van der Waals surface area (Å²) in [6.07, 6.45) is 2.57. The number of hydrogen-bond acceptors (Lipinski definition) is 3. The first-order chi connectivity index (χ1) is 16.6. The number of benzene rings is 2. The van der Waals surface area contributed by atoms with Gasteiger partial charge in [-0.05, 0) is 86.6 Å². The van der Waals surface area contributed by atoms with Gasteiger partial charge in [0.25, 0.3) is 11.8 Å². The van der Waals surface area contributed by atoms with Crippen molar-refractivity contribution in [2.75, 3.05) is 4.90 Å². The molecule has 6 heteroatoms. The molecule has 1 atom stereocenters. The molecule has 6 nitrogen and oxygen atoms in total. The summed E-state index contributed by atoms with van der Waals surface area (Å²) in [5, 5.41) is 2.32. The van der Waals surface area contributed by atoms with Gasteiger partial charge in [-0.15, -0.1) is 0 Å². The Bertz CT molecular complexity index is 1340. The first kappa shape index (κ1) is 24.2. The Balaban J connectivity index is 1.74. The summed E-state index contributed by atoms with van der Waals surface area (Å²) < 4.78 is 2.14. The number of carbonyl (C=O) groups excluding carboxylic acids is 3. The van der Waals surface area contributed by atoms with Crippen LogP contribution in [0.5, 0.6) is 0 Å². The molecule has 1 aliphatic heterocycles. The second kappa shape index (κ2) is 9.37. The lowest BCUT2D eigenvalue weighted by Crippen LogP contribution is -2.54. The second-order valence-corrected chi connectivity index (χ2v) is 9.26. The Labute approximate surface area is 206 Å². The van der Waals surface area contributed by atoms with E-state index >= 15 is 0 Å². The molecule has 1 fully saturated rings. The highest BCUT2D eigenvalue weighted by molar-refractivity contribution is 6.39. The van der Waals surface area contributed by atoms with Gasteiger partial charge in [0.2, 0.25) is 0 Å². The number of para-hydroxylation sites is 1. The Morgan fingerprint density at radius 3 is 2.17 bits per heavy atom. The number of amides is 4. The number of nitrogens with one attached hydrogen (secondary N) is 1. The molecule has 0 spiro atoms. The van der Waals surface area contributed by atoms with Crippen molar-refractivity contribution < 1.29 is 14.4 Å². The third-order valence-electron chi connectivity index (χ3n) is 6.87. The van der Waals surface area contributed by atoms with Crippen LogP contribution in [0, 0.1) is 27.7 Å². The van der Waals surface area contributed by atoms with Crippen molar-refractivity contribution >= 4 is 29.6 Å². The lowest BCUT2D eigenvalue weighted by Gasteiger charge is -2.26. The molecule has 1 aromatic heterocycles. The van der Waals surface area contributed by atoms with Crippen LogP contribution >= 0.6 is 0 Å². The average Bonchev–Trinajstić information content (AvgIpc) is 3.09. The lowest BCUT2D eigenvalue weighted by atomic mass is 9.98. The van der Waals surface area contributed by atoms with Gasteiger partial charge in [0.05, 0.1) is 11.4 Å². The first-order valence-electron chi connectivity index (χ1n) is 11.9. The topological polar surface area (TPSA) is 71.4 Å². The molecule has 0 unspecified atom stereocenters. The second-order valence-electron chi connectivity index (χ2n) is 9.26.